The van der Waals surface area contributed by atoms with Gasteiger partial charge in [-0.05, 0) is 31.0 Å². The van der Waals surface area contributed by atoms with E-state index >= 15 is 0 Å². The van der Waals surface area contributed by atoms with Crippen LogP contribution in [-0.4, -0.2) is 29.3 Å². The molecule has 1 aromatic heterocycles. The summed E-state index contributed by atoms with van der Waals surface area (Å²) in [5, 5.41) is 10.7. The Labute approximate surface area is 149 Å². The number of benzene rings is 1. The van der Waals surface area contributed by atoms with E-state index in [4.69, 9.17) is 4.74 Å². The molecular weight excluding hydrogens is 316 g/mol. The van der Waals surface area contributed by atoms with Crippen LogP contribution in [0.5, 0.6) is 5.88 Å². The fraction of sp³-hybridized carbons (Fsp3) is 0.474. The zero-order chi connectivity index (χ0) is 18.2. The molecule has 0 radical (unpaired) electrons. The zero-order valence-corrected chi connectivity index (χ0v) is 15.6. The molecule has 0 bridgehead atoms. The topological polar surface area (TPSA) is 68.2 Å². The van der Waals surface area contributed by atoms with Crippen LogP contribution < -0.4 is 15.4 Å². The first kappa shape index (κ1) is 19.0. The van der Waals surface area contributed by atoms with Crippen molar-refractivity contribution in [2.75, 3.05) is 13.7 Å². The van der Waals surface area contributed by atoms with Crippen molar-refractivity contribution in [3.05, 3.63) is 46.6 Å². The molecular formula is C19H28N4O2. The normalized spacial score (nSPS) is 10.7. The molecule has 0 aliphatic heterocycles. The van der Waals surface area contributed by atoms with Gasteiger partial charge in [0.05, 0.1) is 18.4 Å². The second kappa shape index (κ2) is 9.22. The first-order valence-electron chi connectivity index (χ1n) is 8.71. The number of carbonyl (C=O) groups is 1. The van der Waals surface area contributed by atoms with E-state index in [2.05, 4.69) is 22.7 Å². The van der Waals surface area contributed by atoms with Crippen molar-refractivity contribution >= 4 is 5.91 Å². The Morgan fingerprint density at radius 1 is 1.24 bits per heavy atom. The number of aromatic nitrogens is 2. The molecule has 6 heteroatoms. The second-order valence-corrected chi connectivity index (χ2v) is 6.11. The number of hydrogen-bond acceptors (Lipinski definition) is 4. The van der Waals surface area contributed by atoms with Crippen LogP contribution in [0.4, 0.5) is 0 Å². The Balaban J connectivity index is 1.87. The van der Waals surface area contributed by atoms with Crippen LogP contribution in [0.25, 0.3) is 0 Å². The molecule has 2 N–H and O–H groups in total. The van der Waals surface area contributed by atoms with Gasteiger partial charge in [0, 0.05) is 32.2 Å². The third kappa shape index (κ3) is 5.06. The van der Waals surface area contributed by atoms with E-state index in [9.17, 15) is 4.79 Å². The molecule has 136 valence electrons. The summed E-state index contributed by atoms with van der Waals surface area (Å²) in [6.07, 6.45) is 2.08. The van der Waals surface area contributed by atoms with Crippen molar-refractivity contribution in [2.45, 2.75) is 39.8 Å². The standard InChI is InChI=1S/C19H28N4O2/c1-5-6-11-21-18(24)16-9-7-15(8-10-16)12-20-13-17-14(2)22-23(3)19(17)25-4/h7-10,20H,5-6,11-13H2,1-4H3,(H,21,24). The van der Waals surface area contributed by atoms with Crippen LogP contribution >= 0.6 is 0 Å². The molecule has 1 aromatic carbocycles. The number of aryl methyl sites for hydroxylation is 2. The molecule has 25 heavy (non-hydrogen) atoms. The number of unbranched alkanes of at least 4 members (excludes halogenated alkanes) is 1. The summed E-state index contributed by atoms with van der Waals surface area (Å²) in [7, 11) is 3.53. The Morgan fingerprint density at radius 3 is 2.60 bits per heavy atom. The second-order valence-electron chi connectivity index (χ2n) is 6.11. The van der Waals surface area contributed by atoms with Gasteiger partial charge < -0.3 is 15.4 Å². The van der Waals surface area contributed by atoms with Gasteiger partial charge in [0.2, 0.25) is 5.88 Å². The third-order valence-corrected chi connectivity index (χ3v) is 4.15. The third-order valence-electron chi connectivity index (χ3n) is 4.15. The molecule has 0 unspecified atom stereocenters. The number of nitrogens with zero attached hydrogens (tertiary/aromatic N) is 2. The van der Waals surface area contributed by atoms with Crippen molar-refractivity contribution < 1.29 is 9.53 Å². The molecule has 2 aromatic rings. The average molecular weight is 344 g/mol. The van der Waals surface area contributed by atoms with E-state index in [-0.39, 0.29) is 5.91 Å². The predicted octanol–water partition coefficient (Wildman–Crippen LogP) is 2.56. The SMILES string of the molecule is CCCCNC(=O)c1ccc(CNCc2c(C)nn(C)c2OC)cc1. The van der Waals surface area contributed by atoms with E-state index < -0.39 is 0 Å². The number of rotatable bonds is 9. The highest BCUT2D eigenvalue weighted by atomic mass is 16.5. The summed E-state index contributed by atoms with van der Waals surface area (Å²) in [5.41, 5.74) is 3.86. The van der Waals surface area contributed by atoms with Crippen LogP contribution in [0.2, 0.25) is 0 Å². The molecule has 2 rings (SSSR count). The van der Waals surface area contributed by atoms with E-state index in [0.29, 0.717) is 12.1 Å². The number of carbonyl (C=O) groups excluding carboxylic acids is 1. The molecule has 0 aliphatic rings. The van der Waals surface area contributed by atoms with Gasteiger partial charge in [0.1, 0.15) is 0 Å². The van der Waals surface area contributed by atoms with Crippen molar-refractivity contribution in [3.8, 4) is 5.88 Å². The smallest absolute Gasteiger partial charge is 0.251 e. The summed E-state index contributed by atoms with van der Waals surface area (Å²) >= 11 is 0. The Bertz CT molecular complexity index is 692. The Morgan fingerprint density at radius 2 is 1.96 bits per heavy atom. The van der Waals surface area contributed by atoms with Gasteiger partial charge in [-0.3, -0.25) is 4.79 Å². The average Bonchev–Trinajstić information content (AvgIpc) is 2.88. The van der Waals surface area contributed by atoms with E-state index in [0.717, 1.165) is 48.6 Å². The van der Waals surface area contributed by atoms with E-state index in [1.54, 1.807) is 11.8 Å². The van der Waals surface area contributed by atoms with Gasteiger partial charge in [-0.2, -0.15) is 5.10 Å². The molecule has 0 atom stereocenters. The lowest BCUT2D eigenvalue weighted by Crippen LogP contribution is -2.24. The first-order valence-corrected chi connectivity index (χ1v) is 8.71. The minimum Gasteiger partial charge on any atom is -0.481 e. The summed E-state index contributed by atoms with van der Waals surface area (Å²) < 4.78 is 7.15. The number of nitrogens with one attached hydrogen (secondary N) is 2. The maximum absolute atomic E-state index is 12.0. The summed E-state index contributed by atoms with van der Waals surface area (Å²) in [6, 6.07) is 7.70. The van der Waals surface area contributed by atoms with Gasteiger partial charge >= 0.3 is 0 Å². The number of amides is 1. The number of hydrogen-bond donors (Lipinski definition) is 2. The van der Waals surface area contributed by atoms with Crippen molar-refractivity contribution in [1.29, 1.82) is 0 Å². The first-order chi connectivity index (χ1) is 12.1. The van der Waals surface area contributed by atoms with Gasteiger partial charge in [-0.15, -0.1) is 0 Å². The largest absolute Gasteiger partial charge is 0.481 e. The summed E-state index contributed by atoms with van der Waals surface area (Å²) in [4.78, 5) is 12.0. The van der Waals surface area contributed by atoms with Gasteiger partial charge in [-0.1, -0.05) is 25.5 Å². The van der Waals surface area contributed by atoms with E-state index in [1.807, 2.05) is 38.2 Å². The van der Waals surface area contributed by atoms with Gasteiger partial charge in [0.25, 0.3) is 5.91 Å². The van der Waals surface area contributed by atoms with Gasteiger partial charge in [-0.25, -0.2) is 4.68 Å². The van der Waals surface area contributed by atoms with E-state index in [1.165, 1.54) is 0 Å². The zero-order valence-electron chi connectivity index (χ0n) is 15.6. The predicted molar refractivity (Wildman–Crippen MR) is 98.7 cm³/mol. The Hall–Kier alpha value is -2.34. The molecule has 0 aliphatic carbocycles. The minimum absolute atomic E-state index is 0.0105. The maximum Gasteiger partial charge on any atom is 0.251 e. The summed E-state index contributed by atoms with van der Waals surface area (Å²) in [5.74, 6) is 0.771. The Kier molecular flexibility index (Phi) is 7.01. The molecule has 0 saturated heterocycles. The molecule has 0 saturated carbocycles. The van der Waals surface area contributed by atoms with Crippen molar-refractivity contribution in [2.24, 2.45) is 7.05 Å². The lowest BCUT2D eigenvalue weighted by molar-refractivity contribution is 0.0953. The van der Waals surface area contributed by atoms with Crippen molar-refractivity contribution in [3.63, 3.8) is 0 Å². The highest BCUT2D eigenvalue weighted by Crippen LogP contribution is 2.20. The number of methoxy groups -OCH3 is 1. The molecule has 0 fully saturated rings. The van der Waals surface area contributed by atoms with Crippen LogP contribution in [0.1, 0.15) is 46.9 Å². The van der Waals surface area contributed by atoms with Gasteiger partial charge in [0.15, 0.2) is 0 Å². The summed E-state index contributed by atoms with van der Waals surface area (Å²) in [6.45, 7) is 6.21. The fourth-order valence-electron chi connectivity index (χ4n) is 2.73. The lowest BCUT2D eigenvalue weighted by atomic mass is 10.1. The monoisotopic (exact) mass is 344 g/mol. The molecule has 1 heterocycles. The molecule has 6 nitrogen and oxygen atoms in total. The van der Waals surface area contributed by atoms with Crippen LogP contribution in [0, 0.1) is 6.92 Å². The maximum atomic E-state index is 12.0. The van der Waals surface area contributed by atoms with Crippen LogP contribution in [0.15, 0.2) is 24.3 Å². The van der Waals surface area contributed by atoms with Crippen molar-refractivity contribution in [1.82, 2.24) is 20.4 Å². The molecule has 0 spiro atoms. The van der Waals surface area contributed by atoms with Crippen LogP contribution in [0.3, 0.4) is 0 Å². The lowest BCUT2D eigenvalue weighted by Gasteiger charge is -2.08. The minimum atomic E-state index is -0.0105. The molecule has 1 amide bonds. The fourth-order valence-corrected chi connectivity index (χ4v) is 2.73. The number of ether oxygens (including phenoxy) is 1. The quantitative estimate of drug-likeness (QED) is 0.686. The van der Waals surface area contributed by atoms with Crippen LogP contribution in [-0.2, 0) is 20.1 Å². The highest BCUT2D eigenvalue weighted by molar-refractivity contribution is 5.94. The highest BCUT2D eigenvalue weighted by Gasteiger charge is 2.13.